The smallest absolute Gasteiger partial charge is 0.768 e. The average molecular weight is 266 g/mol. The molecule has 0 heterocycles. The van der Waals surface area contributed by atoms with Gasteiger partial charge in [-0.15, -0.1) is 0 Å². The third kappa shape index (κ3) is 4.50. The van der Waals surface area contributed by atoms with Crippen molar-refractivity contribution in [3.8, 4) is 0 Å². The van der Waals surface area contributed by atoms with Crippen LogP contribution in [0.5, 0.6) is 0 Å². The molecule has 16 heavy (non-hydrogen) atoms. The fraction of sp³-hybridized carbons (Fsp3) is 0. The monoisotopic (exact) mass is 266 g/mol. The molecule has 4 nitrogen and oxygen atoms in total. The van der Waals surface area contributed by atoms with E-state index in [1.165, 1.54) is 0 Å². The van der Waals surface area contributed by atoms with Gasteiger partial charge in [0.2, 0.25) is 0 Å². The first-order valence-electron chi connectivity index (χ1n) is 3.23. The molecule has 1 rings (SSSR count). The van der Waals surface area contributed by atoms with Crippen LogP contribution in [-0.2, 0) is 11.1 Å². The van der Waals surface area contributed by atoms with Crippen LogP contribution in [0, 0.1) is 11.6 Å². The van der Waals surface area contributed by atoms with E-state index in [0.717, 1.165) is 0 Å². The van der Waals surface area contributed by atoms with Gasteiger partial charge in [0.05, 0.1) is 10.9 Å². The molecule has 0 saturated carbocycles. The summed E-state index contributed by atoms with van der Waals surface area (Å²) >= 11 is -3.03. The fourth-order valence-corrected chi connectivity index (χ4v) is 1.27. The first kappa shape index (κ1) is 19.0. The predicted molar refractivity (Wildman–Crippen MR) is 37.9 cm³/mol. The second kappa shape index (κ2) is 7.88. The Morgan fingerprint density at radius 3 is 2.12 bits per heavy atom. The summed E-state index contributed by atoms with van der Waals surface area (Å²) in [5.41, 5.74) is -0.733. The number of carboxylic acid groups (broad SMARTS) is 1. The Labute approximate surface area is 136 Å². The maximum Gasteiger partial charge on any atom is 1.00 e. The summed E-state index contributed by atoms with van der Waals surface area (Å²) in [6.45, 7) is 0. The van der Waals surface area contributed by atoms with Crippen LogP contribution in [0.15, 0.2) is 17.0 Å². The molecule has 0 N–H and O–H groups in total. The summed E-state index contributed by atoms with van der Waals surface area (Å²) < 4.78 is 46.0. The summed E-state index contributed by atoms with van der Waals surface area (Å²) in [4.78, 5) is 9.20. The molecule has 1 aromatic rings. The third-order valence-corrected chi connectivity index (χ3v) is 2.07. The van der Waals surface area contributed by atoms with E-state index in [9.17, 15) is 27.4 Å². The topological polar surface area (TPSA) is 80.3 Å². The van der Waals surface area contributed by atoms with Crippen molar-refractivity contribution in [2.24, 2.45) is 0 Å². The van der Waals surface area contributed by atoms with Crippen LogP contribution in [0.25, 0.3) is 0 Å². The average Bonchev–Trinajstić information content (AvgIpc) is 2.08. The van der Waals surface area contributed by atoms with E-state index < -0.39 is 39.1 Å². The Bertz CT molecular complexity index is 427. The molecule has 0 saturated heterocycles. The second-order valence-electron chi connectivity index (χ2n) is 2.29. The maximum absolute atomic E-state index is 12.7. The minimum Gasteiger partial charge on any atom is -0.768 e. The van der Waals surface area contributed by atoms with Gasteiger partial charge in [-0.3, -0.25) is 4.21 Å². The first-order valence-corrected chi connectivity index (χ1v) is 4.30. The van der Waals surface area contributed by atoms with E-state index in [1.54, 1.807) is 0 Å². The Balaban J connectivity index is 0. The van der Waals surface area contributed by atoms with Crippen LogP contribution >= 0.6 is 0 Å². The van der Waals surface area contributed by atoms with Crippen LogP contribution in [0.3, 0.4) is 0 Å². The van der Waals surface area contributed by atoms with Crippen molar-refractivity contribution in [3.05, 3.63) is 29.3 Å². The van der Waals surface area contributed by atoms with Crippen LogP contribution < -0.4 is 64.2 Å². The molecule has 1 unspecified atom stereocenters. The standard InChI is InChI=1S/C7H4F2O4S.2Na/c8-4-1-3(7(10)11)2-5(6(4)9)14(12)13;;/h1-2H,(H,10,11)(H,12,13);;/q;2*+1/p-2. The van der Waals surface area contributed by atoms with E-state index in [4.69, 9.17) is 0 Å². The maximum atomic E-state index is 12.7. The number of aromatic carboxylic acids is 1. The number of carbonyl (C=O) groups excluding carboxylic acids is 1. The molecule has 1 atom stereocenters. The van der Waals surface area contributed by atoms with E-state index in [-0.39, 0.29) is 59.1 Å². The van der Waals surface area contributed by atoms with Crippen molar-refractivity contribution in [2.75, 3.05) is 0 Å². The minimum atomic E-state index is -3.03. The molecule has 1 aromatic carbocycles. The van der Waals surface area contributed by atoms with Gasteiger partial charge in [0.15, 0.2) is 11.6 Å². The molecule has 0 fully saturated rings. The molecule has 9 heteroatoms. The van der Waals surface area contributed by atoms with E-state index in [0.29, 0.717) is 12.1 Å². The van der Waals surface area contributed by atoms with Gasteiger partial charge < -0.3 is 14.5 Å². The molecule has 0 aliphatic carbocycles. The van der Waals surface area contributed by atoms with E-state index >= 15 is 0 Å². The fourth-order valence-electron chi connectivity index (χ4n) is 0.803. The molecule has 0 spiro atoms. The van der Waals surface area contributed by atoms with Crippen LogP contribution in [0.4, 0.5) is 8.78 Å². The Kier molecular flexibility index (Phi) is 9.37. The van der Waals surface area contributed by atoms with Gasteiger partial charge in [0.1, 0.15) is 0 Å². The Morgan fingerprint density at radius 2 is 1.75 bits per heavy atom. The number of halogens is 2. The number of rotatable bonds is 2. The third-order valence-electron chi connectivity index (χ3n) is 1.41. The van der Waals surface area contributed by atoms with E-state index in [2.05, 4.69) is 0 Å². The van der Waals surface area contributed by atoms with Gasteiger partial charge >= 0.3 is 59.1 Å². The first-order chi connectivity index (χ1) is 6.43. The van der Waals surface area contributed by atoms with Crippen molar-refractivity contribution in [3.63, 3.8) is 0 Å². The zero-order valence-corrected chi connectivity index (χ0v) is 13.3. The van der Waals surface area contributed by atoms with Crippen molar-refractivity contribution >= 4 is 17.0 Å². The molecule has 0 amide bonds. The van der Waals surface area contributed by atoms with Gasteiger partial charge in [0.25, 0.3) is 0 Å². The van der Waals surface area contributed by atoms with Crippen LogP contribution in [0.2, 0.25) is 0 Å². The van der Waals surface area contributed by atoms with Gasteiger partial charge in [-0.2, -0.15) is 0 Å². The molecule has 0 aliphatic rings. The number of carboxylic acids is 1. The van der Waals surface area contributed by atoms with E-state index in [1.807, 2.05) is 0 Å². The number of hydrogen-bond donors (Lipinski definition) is 0. The summed E-state index contributed by atoms with van der Waals surface area (Å²) in [6.07, 6.45) is 0. The summed E-state index contributed by atoms with van der Waals surface area (Å²) in [7, 11) is 0. The summed E-state index contributed by atoms with van der Waals surface area (Å²) in [5, 5.41) is 10.2. The largest absolute Gasteiger partial charge is 1.00 e. The molecular weight excluding hydrogens is 264 g/mol. The van der Waals surface area contributed by atoms with Crippen molar-refractivity contribution < 1.29 is 86.6 Å². The molecule has 0 radical (unpaired) electrons. The normalized spacial score (nSPS) is 10.9. The number of carbonyl (C=O) groups is 1. The van der Waals surface area contributed by atoms with Gasteiger partial charge in [-0.25, -0.2) is 8.78 Å². The van der Waals surface area contributed by atoms with Gasteiger partial charge in [-0.05, 0) is 23.2 Å². The zero-order valence-electron chi connectivity index (χ0n) is 8.45. The summed E-state index contributed by atoms with van der Waals surface area (Å²) in [5.74, 6) is -4.94. The van der Waals surface area contributed by atoms with Crippen molar-refractivity contribution in [1.82, 2.24) is 0 Å². The quantitative estimate of drug-likeness (QED) is 0.394. The molecular formula is C7H2F2Na2O4S. The predicted octanol–water partition coefficient (Wildman–Crippen LogP) is -6.43. The summed E-state index contributed by atoms with van der Waals surface area (Å²) in [6, 6.07) is 0.831. The van der Waals surface area contributed by atoms with Crippen LogP contribution in [0.1, 0.15) is 10.4 Å². The number of hydrogen-bond acceptors (Lipinski definition) is 4. The molecule has 76 valence electrons. The van der Waals surface area contributed by atoms with Crippen molar-refractivity contribution in [2.45, 2.75) is 4.90 Å². The van der Waals surface area contributed by atoms with Crippen LogP contribution in [-0.4, -0.2) is 14.7 Å². The Morgan fingerprint density at radius 1 is 1.25 bits per heavy atom. The minimum absolute atomic E-state index is 0. The van der Waals surface area contributed by atoms with Gasteiger partial charge in [-0.1, -0.05) is 0 Å². The SMILES string of the molecule is O=C([O-])c1cc(F)c(F)c(S(=O)[O-])c1.[Na+].[Na+]. The second-order valence-corrected chi connectivity index (χ2v) is 3.20. The molecule has 0 bridgehead atoms. The molecule has 0 aromatic heterocycles. The number of benzene rings is 1. The van der Waals surface area contributed by atoms with Gasteiger partial charge in [0, 0.05) is 5.56 Å². The van der Waals surface area contributed by atoms with Crippen molar-refractivity contribution in [1.29, 1.82) is 0 Å². The Hall–Kier alpha value is 0.660. The molecule has 0 aliphatic heterocycles. The zero-order chi connectivity index (χ0) is 10.9.